The molecule has 116 valence electrons. The number of aromatic nitrogens is 2. The molecule has 0 bridgehead atoms. The monoisotopic (exact) mass is 294 g/mol. The van der Waals surface area contributed by atoms with E-state index in [2.05, 4.69) is 24.0 Å². The summed E-state index contributed by atoms with van der Waals surface area (Å²) in [5.41, 5.74) is 0. The van der Waals surface area contributed by atoms with Crippen LogP contribution in [0, 0.1) is 18.8 Å². The van der Waals surface area contributed by atoms with Gasteiger partial charge in [-0.3, -0.25) is 9.59 Å². The number of hydrogen-bond donors (Lipinski definition) is 0. The fraction of sp³-hybridized carbons (Fsp3) is 0.714. The Kier molecular flexibility index (Phi) is 4.59. The van der Waals surface area contributed by atoms with E-state index in [0.717, 1.165) is 0 Å². The third-order valence-corrected chi connectivity index (χ3v) is 3.47. The molecule has 2 heterocycles. The van der Waals surface area contributed by atoms with E-state index in [1.165, 1.54) is 0 Å². The molecule has 7 heteroatoms. The van der Waals surface area contributed by atoms with Crippen molar-refractivity contribution in [2.45, 2.75) is 33.7 Å². The number of carbonyl (C=O) groups is 2. The molecule has 0 aromatic carbocycles. The van der Waals surface area contributed by atoms with Crippen LogP contribution in [0.3, 0.4) is 0 Å². The molecule has 1 aromatic rings. The van der Waals surface area contributed by atoms with Gasteiger partial charge >= 0.3 is 0 Å². The largest absolute Gasteiger partial charge is 0.342 e. The van der Waals surface area contributed by atoms with E-state index < -0.39 is 0 Å². The summed E-state index contributed by atoms with van der Waals surface area (Å²) in [7, 11) is 1.69. The number of carbonyl (C=O) groups excluding carboxylic acids is 2. The van der Waals surface area contributed by atoms with Gasteiger partial charge in [0.05, 0.1) is 12.5 Å². The number of rotatable bonds is 5. The summed E-state index contributed by atoms with van der Waals surface area (Å²) in [4.78, 5) is 31.7. The van der Waals surface area contributed by atoms with Crippen molar-refractivity contribution in [3.8, 4) is 0 Å². The summed E-state index contributed by atoms with van der Waals surface area (Å²) in [6.45, 7) is 7.33. The number of likely N-dealkylation sites (tertiary alicyclic amines) is 1. The summed E-state index contributed by atoms with van der Waals surface area (Å²) in [6.07, 6.45) is 0.290. The standard InChI is InChI=1S/C14H22N4O3/c1-9(2)6-18-7-11(5-13(18)19)14(20)17(4)8-12-15-10(3)16-21-12/h9,11H,5-8H2,1-4H3/t11-/m0/s1. The fourth-order valence-electron chi connectivity index (χ4n) is 2.55. The molecule has 1 aromatic heterocycles. The SMILES string of the molecule is Cc1noc(CN(C)C(=O)[C@H]2CC(=O)N(CC(C)C)C2)n1. The second-order valence-electron chi connectivity index (χ2n) is 6.02. The zero-order valence-electron chi connectivity index (χ0n) is 13.0. The zero-order chi connectivity index (χ0) is 15.6. The highest BCUT2D eigenvalue weighted by Crippen LogP contribution is 2.21. The van der Waals surface area contributed by atoms with Crippen LogP contribution < -0.4 is 0 Å². The quantitative estimate of drug-likeness (QED) is 0.804. The second kappa shape index (κ2) is 6.24. The van der Waals surface area contributed by atoms with E-state index in [0.29, 0.717) is 37.1 Å². The van der Waals surface area contributed by atoms with Crippen LogP contribution in [0.15, 0.2) is 4.52 Å². The van der Waals surface area contributed by atoms with Crippen LogP contribution in [0.4, 0.5) is 0 Å². The van der Waals surface area contributed by atoms with Crippen LogP contribution in [0.2, 0.25) is 0 Å². The van der Waals surface area contributed by atoms with Gasteiger partial charge in [-0.15, -0.1) is 0 Å². The molecular formula is C14H22N4O3. The molecule has 1 aliphatic rings. The Hall–Kier alpha value is -1.92. The molecule has 1 fully saturated rings. The molecule has 7 nitrogen and oxygen atoms in total. The molecule has 2 amide bonds. The molecule has 1 aliphatic heterocycles. The number of amides is 2. The lowest BCUT2D eigenvalue weighted by Gasteiger charge is -2.21. The van der Waals surface area contributed by atoms with Gasteiger partial charge in [-0.25, -0.2) is 0 Å². The van der Waals surface area contributed by atoms with Gasteiger partial charge in [-0.1, -0.05) is 19.0 Å². The predicted molar refractivity (Wildman–Crippen MR) is 75.0 cm³/mol. The summed E-state index contributed by atoms with van der Waals surface area (Å²) >= 11 is 0. The average Bonchev–Trinajstić information content (AvgIpc) is 2.95. The van der Waals surface area contributed by atoms with Crippen molar-refractivity contribution in [2.24, 2.45) is 11.8 Å². The lowest BCUT2D eigenvalue weighted by Crippen LogP contribution is -2.35. The van der Waals surface area contributed by atoms with Crippen LogP contribution in [-0.2, 0) is 16.1 Å². The average molecular weight is 294 g/mol. The van der Waals surface area contributed by atoms with Crippen LogP contribution in [-0.4, -0.2) is 51.9 Å². The molecule has 0 spiro atoms. The molecule has 1 atom stereocenters. The minimum absolute atomic E-state index is 0.0505. The Morgan fingerprint density at radius 3 is 2.81 bits per heavy atom. The lowest BCUT2D eigenvalue weighted by atomic mass is 10.1. The number of aryl methyl sites for hydroxylation is 1. The fourth-order valence-corrected chi connectivity index (χ4v) is 2.55. The first-order valence-electron chi connectivity index (χ1n) is 7.18. The van der Waals surface area contributed by atoms with Crippen LogP contribution in [0.5, 0.6) is 0 Å². The van der Waals surface area contributed by atoms with Gasteiger partial charge < -0.3 is 14.3 Å². The van der Waals surface area contributed by atoms with E-state index in [1.54, 1.807) is 23.8 Å². The predicted octanol–water partition coefficient (Wildman–Crippen LogP) is 0.841. The van der Waals surface area contributed by atoms with Gasteiger partial charge in [0.1, 0.15) is 0 Å². The molecular weight excluding hydrogens is 272 g/mol. The van der Waals surface area contributed by atoms with Gasteiger partial charge in [0.25, 0.3) is 0 Å². The van der Waals surface area contributed by atoms with Gasteiger partial charge in [0.2, 0.25) is 17.7 Å². The topological polar surface area (TPSA) is 79.5 Å². The van der Waals surface area contributed by atoms with E-state index in [1.807, 2.05) is 0 Å². The lowest BCUT2D eigenvalue weighted by molar-refractivity contribution is -0.135. The highest BCUT2D eigenvalue weighted by atomic mass is 16.5. The van der Waals surface area contributed by atoms with E-state index in [9.17, 15) is 9.59 Å². The van der Waals surface area contributed by atoms with Gasteiger partial charge in [-0.05, 0) is 12.8 Å². The molecule has 0 unspecified atom stereocenters. The minimum Gasteiger partial charge on any atom is -0.342 e. The summed E-state index contributed by atoms with van der Waals surface area (Å²) in [5, 5.41) is 3.70. The second-order valence-corrected chi connectivity index (χ2v) is 6.02. The zero-order valence-corrected chi connectivity index (χ0v) is 13.0. The highest BCUT2D eigenvalue weighted by molar-refractivity contribution is 5.89. The maximum atomic E-state index is 12.4. The normalized spacial score (nSPS) is 18.6. The number of nitrogens with zero attached hydrogens (tertiary/aromatic N) is 4. The molecule has 0 N–H and O–H groups in total. The van der Waals surface area contributed by atoms with Gasteiger partial charge in [-0.2, -0.15) is 4.98 Å². The summed E-state index contributed by atoms with van der Waals surface area (Å²) in [6, 6.07) is 0. The highest BCUT2D eigenvalue weighted by Gasteiger charge is 2.36. The molecule has 1 saturated heterocycles. The first-order chi connectivity index (χ1) is 9.86. The van der Waals surface area contributed by atoms with Crippen molar-refractivity contribution < 1.29 is 14.1 Å². The third kappa shape index (κ3) is 3.80. The molecule has 21 heavy (non-hydrogen) atoms. The van der Waals surface area contributed by atoms with Crippen molar-refractivity contribution in [1.82, 2.24) is 19.9 Å². The Morgan fingerprint density at radius 1 is 1.52 bits per heavy atom. The Labute approximate surface area is 124 Å². The maximum Gasteiger partial charge on any atom is 0.246 e. The Morgan fingerprint density at radius 2 is 2.24 bits per heavy atom. The summed E-state index contributed by atoms with van der Waals surface area (Å²) in [5.74, 6) is 1.10. The van der Waals surface area contributed by atoms with Gasteiger partial charge in [0, 0.05) is 26.6 Å². The van der Waals surface area contributed by atoms with E-state index in [-0.39, 0.29) is 24.3 Å². The Balaban J connectivity index is 1.92. The molecule has 0 saturated carbocycles. The first-order valence-corrected chi connectivity index (χ1v) is 7.18. The van der Waals surface area contributed by atoms with Crippen molar-refractivity contribution in [3.63, 3.8) is 0 Å². The van der Waals surface area contributed by atoms with Crippen molar-refractivity contribution in [3.05, 3.63) is 11.7 Å². The van der Waals surface area contributed by atoms with Crippen molar-refractivity contribution >= 4 is 11.8 Å². The number of hydrogen-bond acceptors (Lipinski definition) is 5. The Bertz CT molecular complexity index is 526. The molecule has 0 radical (unpaired) electrons. The van der Waals surface area contributed by atoms with Crippen molar-refractivity contribution in [2.75, 3.05) is 20.1 Å². The van der Waals surface area contributed by atoms with E-state index >= 15 is 0 Å². The van der Waals surface area contributed by atoms with Crippen molar-refractivity contribution in [1.29, 1.82) is 0 Å². The first kappa shape index (κ1) is 15.5. The molecule has 0 aliphatic carbocycles. The van der Waals surface area contributed by atoms with Crippen LogP contribution in [0.1, 0.15) is 32.0 Å². The van der Waals surface area contributed by atoms with Gasteiger partial charge in [0.15, 0.2) is 5.82 Å². The third-order valence-electron chi connectivity index (χ3n) is 3.47. The van der Waals surface area contributed by atoms with E-state index in [4.69, 9.17) is 4.52 Å². The smallest absolute Gasteiger partial charge is 0.246 e. The minimum atomic E-state index is -0.273. The molecule has 2 rings (SSSR count). The summed E-state index contributed by atoms with van der Waals surface area (Å²) < 4.78 is 5.01. The van der Waals surface area contributed by atoms with Crippen LogP contribution in [0.25, 0.3) is 0 Å². The maximum absolute atomic E-state index is 12.4. The van der Waals surface area contributed by atoms with Crippen LogP contribution >= 0.6 is 0 Å².